The van der Waals surface area contributed by atoms with Crippen molar-refractivity contribution in [2.75, 3.05) is 13.1 Å². The number of pyridine rings is 1. The van der Waals surface area contributed by atoms with E-state index in [1.54, 1.807) is 0 Å². The Labute approximate surface area is 171 Å². The number of fused-ring (bicyclic) bond motifs is 1. The Balaban J connectivity index is 1.20. The summed E-state index contributed by atoms with van der Waals surface area (Å²) in [6, 6.07) is 18.6. The van der Waals surface area contributed by atoms with Crippen LogP contribution in [0, 0.1) is 5.92 Å². The lowest BCUT2D eigenvalue weighted by Crippen LogP contribution is -2.45. The van der Waals surface area contributed by atoms with E-state index in [4.69, 9.17) is 4.74 Å². The minimum Gasteiger partial charge on any atom is -0.490 e. The van der Waals surface area contributed by atoms with Crippen LogP contribution >= 0.6 is 0 Å². The summed E-state index contributed by atoms with van der Waals surface area (Å²) in [6.45, 7) is 1.64. The molecule has 0 spiro atoms. The van der Waals surface area contributed by atoms with E-state index in [1.807, 2.05) is 41.4 Å². The van der Waals surface area contributed by atoms with Gasteiger partial charge in [0.15, 0.2) is 0 Å². The number of ether oxygens (including phenoxy) is 1. The Kier molecular flexibility index (Phi) is 4.92. The third kappa shape index (κ3) is 3.84. The number of aromatic nitrogens is 1. The number of carbonyl (C=O) groups is 1. The maximum Gasteiger partial charge on any atom is 0.225 e. The van der Waals surface area contributed by atoms with Crippen LogP contribution in [0.2, 0.25) is 0 Å². The molecule has 1 aliphatic heterocycles. The highest BCUT2D eigenvalue weighted by molar-refractivity contribution is 5.83. The number of likely N-dealkylation sites (tertiary alicyclic amines) is 1. The smallest absolute Gasteiger partial charge is 0.225 e. The van der Waals surface area contributed by atoms with Crippen LogP contribution in [0.1, 0.15) is 32.1 Å². The Morgan fingerprint density at radius 3 is 2.41 bits per heavy atom. The summed E-state index contributed by atoms with van der Waals surface area (Å²) in [5.41, 5.74) is 3.26. The molecule has 29 heavy (non-hydrogen) atoms. The number of hydrogen-bond donors (Lipinski definition) is 0. The Morgan fingerprint density at radius 2 is 1.69 bits per heavy atom. The van der Waals surface area contributed by atoms with E-state index in [0.717, 1.165) is 66.6 Å². The number of hydrogen-bond acceptors (Lipinski definition) is 3. The first kappa shape index (κ1) is 18.2. The lowest BCUT2D eigenvalue weighted by atomic mass is 9.84. The maximum absolute atomic E-state index is 12.4. The zero-order valence-corrected chi connectivity index (χ0v) is 16.6. The van der Waals surface area contributed by atoms with Gasteiger partial charge in [-0.1, -0.05) is 36.8 Å². The molecule has 1 aromatic heterocycles. The number of piperidine rings is 1. The fourth-order valence-electron chi connectivity index (χ4n) is 4.25. The molecule has 5 rings (SSSR count). The van der Waals surface area contributed by atoms with Gasteiger partial charge in [-0.2, -0.15) is 0 Å². The standard InChI is InChI=1S/C25H26N2O2/c28-25(19-5-3-6-19)27-14-12-23(13-15-27)29-22-10-8-18(9-11-22)21-16-20-4-1-2-7-24(20)26-17-21/h1-2,4,7-11,16-17,19,23H,3,5-6,12-15H2. The molecule has 2 fully saturated rings. The molecule has 0 unspecified atom stereocenters. The van der Waals surface area contributed by atoms with Gasteiger partial charge in [0, 0.05) is 49.0 Å². The van der Waals surface area contributed by atoms with Crippen molar-refractivity contribution in [3.63, 3.8) is 0 Å². The number of carbonyl (C=O) groups excluding carboxylic acids is 1. The molecule has 1 amide bonds. The van der Waals surface area contributed by atoms with E-state index in [1.165, 1.54) is 6.42 Å². The number of para-hydroxylation sites is 1. The zero-order valence-electron chi connectivity index (χ0n) is 16.6. The van der Waals surface area contributed by atoms with Gasteiger partial charge in [0.25, 0.3) is 0 Å². The van der Waals surface area contributed by atoms with Crippen LogP contribution in [0.4, 0.5) is 0 Å². The third-order valence-corrected chi connectivity index (χ3v) is 6.29. The van der Waals surface area contributed by atoms with E-state index < -0.39 is 0 Å². The maximum atomic E-state index is 12.4. The van der Waals surface area contributed by atoms with Gasteiger partial charge in [-0.25, -0.2) is 0 Å². The van der Waals surface area contributed by atoms with Gasteiger partial charge >= 0.3 is 0 Å². The van der Waals surface area contributed by atoms with Gasteiger partial charge < -0.3 is 9.64 Å². The highest BCUT2D eigenvalue weighted by atomic mass is 16.5. The molecular formula is C25H26N2O2. The van der Waals surface area contributed by atoms with Crippen molar-refractivity contribution < 1.29 is 9.53 Å². The van der Waals surface area contributed by atoms with Crippen LogP contribution in [-0.2, 0) is 4.79 Å². The van der Waals surface area contributed by atoms with Crippen molar-refractivity contribution in [1.29, 1.82) is 0 Å². The molecule has 148 valence electrons. The molecule has 4 nitrogen and oxygen atoms in total. The molecule has 0 N–H and O–H groups in total. The van der Waals surface area contributed by atoms with E-state index in [2.05, 4.69) is 29.2 Å². The van der Waals surface area contributed by atoms with Crippen molar-refractivity contribution in [1.82, 2.24) is 9.88 Å². The number of benzene rings is 2. The predicted molar refractivity (Wildman–Crippen MR) is 115 cm³/mol. The average molecular weight is 386 g/mol. The van der Waals surface area contributed by atoms with Crippen LogP contribution in [0.25, 0.3) is 22.0 Å². The molecule has 2 heterocycles. The van der Waals surface area contributed by atoms with Gasteiger partial charge in [0.05, 0.1) is 5.52 Å². The minimum atomic E-state index is 0.189. The second kappa shape index (κ2) is 7.86. The van der Waals surface area contributed by atoms with E-state index in [-0.39, 0.29) is 6.10 Å². The summed E-state index contributed by atoms with van der Waals surface area (Å²) in [5.74, 6) is 1.55. The molecule has 4 heteroatoms. The van der Waals surface area contributed by atoms with Crippen molar-refractivity contribution >= 4 is 16.8 Å². The Morgan fingerprint density at radius 1 is 0.931 bits per heavy atom. The summed E-state index contributed by atoms with van der Waals surface area (Å²) in [7, 11) is 0. The number of rotatable bonds is 4. The van der Waals surface area contributed by atoms with E-state index >= 15 is 0 Å². The topological polar surface area (TPSA) is 42.4 Å². The van der Waals surface area contributed by atoms with Crippen molar-refractivity contribution in [3.8, 4) is 16.9 Å². The quantitative estimate of drug-likeness (QED) is 0.628. The second-order valence-electron chi connectivity index (χ2n) is 8.21. The molecule has 0 radical (unpaired) electrons. The molecule has 0 atom stereocenters. The monoisotopic (exact) mass is 386 g/mol. The van der Waals surface area contributed by atoms with Gasteiger partial charge in [-0.3, -0.25) is 9.78 Å². The van der Waals surface area contributed by atoms with Crippen molar-refractivity contribution in [3.05, 3.63) is 60.8 Å². The lowest BCUT2D eigenvalue weighted by Gasteiger charge is -2.36. The summed E-state index contributed by atoms with van der Waals surface area (Å²) >= 11 is 0. The normalized spacial score (nSPS) is 17.9. The number of amides is 1. The summed E-state index contributed by atoms with van der Waals surface area (Å²) in [6.07, 6.45) is 7.30. The van der Waals surface area contributed by atoms with Crippen LogP contribution in [0.3, 0.4) is 0 Å². The Bertz CT molecular complexity index is 1000. The van der Waals surface area contributed by atoms with Gasteiger partial charge in [-0.05, 0) is 42.7 Å². The fourth-order valence-corrected chi connectivity index (χ4v) is 4.25. The predicted octanol–water partition coefficient (Wildman–Crippen LogP) is 5.07. The summed E-state index contributed by atoms with van der Waals surface area (Å²) < 4.78 is 6.19. The average Bonchev–Trinajstić information content (AvgIpc) is 2.73. The molecule has 1 saturated carbocycles. The molecule has 2 aliphatic rings. The van der Waals surface area contributed by atoms with Crippen LogP contribution in [-0.4, -0.2) is 35.0 Å². The Hall–Kier alpha value is -2.88. The van der Waals surface area contributed by atoms with Gasteiger partial charge in [0.2, 0.25) is 5.91 Å². The zero-order chi connectivity index (χ0) is 19.6. The first-order valence-electron chi connectivity index (χ1n) is 10.7. The second-order valence-corrected chi connectivity index (χ2v) is 8.21. The SMILES string of the molecule is O=C(C1CCC1)N1CCC(Oc2ccc(-c3cnc4ccccc4c3)cc2)CC1. The highest BCUT2D eigenvalue weighted by Gasteiger charge is 2.32. The molecule has 1 saturated heterocycles. The van der Waals surface area contributed by atoms with Crippen LogP contribution in [0.15, 0.2) is 60.8 Å². The molecule has 0 bridgehead atoms. The van der Waals surface area contributed by atoms with Gasteiger partial charge in [0.1, 0.15) is 11.9 Å². The number of nitrogens with zero attached hydrogens (tertiary/aromatic N) is 2. The van der Waals surface area contributed by atoms with Crippen LogP contribution in [0.5, 0.6) is 5.75 Å². The molecule has 1 aliphatic carbocycles. The minimum absolute atomic E-state index is 0.189. The van der Waals surface area contributed by atoms with Crippen LogP contribution < -0.4 is 4.74 Å². The highest BCUT2D eigenvalue weighted by Crippen LogP contribution is 2.30. The summed E-state index contributed by atoms with van der Waals surface area (Å²) in [4.78, 5) is 19.0. The molecular weight excluding hydrogens is 360 g/mol. The van der Waals surface area contributed by atoms with Gasteiger partial charge in [-0.15, -0.1) is 0 Å². The first-order valence-corrected chi connectivity index (χ1v) is 10.7. The fraction of sp³-hybridized carbons (Fsp3) is 0.360. The first-order chi connectivity index (χ1) is 14.3. The molecule has 2 aromatic carbocycles. The lowest BCUT2D eigenvalue weighted by molar-refractivity contribution is -0.140. The third-order valence-electron chi connectivity index (χ3n) is 6.29. The molecule has 3 aromatic rings. The van der Waals surface area contributed by atoms with Crippen molar-refractivity contribution in [2.45, 2.75) is 38.2 Å². The van der Waals surface area contributed by atoms with E-state index in [0.29, 0.717) is 11.8 Å². The largest absolute Gasteiger partial charge is 0.490 e. The van der Waals surface area contributed by atoms with E-state index in [9.17, 15) is 4.79 Å². The van der Waals surface area contributed by atoms with Crippen molar-refractivity contribution in [2.24, 2.45) is 5.92 Å². The summed E-state index contributed by atoms with van der Waals surface area (Å²) in [5, 5.41) is 1.15.